The second-order valence-electron chi connectivity index (χ2n) is 43.1. The SMILES string of the molecule is CC(C)(C)c1cc(-c2cc(C(C)(C)C)ccc2N2c3cc(-n4c5ccccc5c5ccc6c(c7ccccc7n6-c6ccccc6)c54)ccc3B3c4ccc(-n5c6ccccc6c6ccc7c(c8ccccc8n7-c7ccccc7)c65)cc4N(c4ccc(C(C)(C)C)cc4-c4cc(C(C)(C)C)cc(C(C)(C)C)c4)c4cc(C(C)(C)C)cc2c43)cc(C(C)(C)C)c1. The van der Waals surface area contributed by atoms with Gasteiger partial charge in [-0.05, 0) is 226 Å². The van der Waals surface area contributed by atoms with Crippen molar-refractivity contribution in [3.8, 4) is 45.0 Å². The molecule has 0 bridgehead atoms. The van der Waals surface area contributed by atoms with E-state index in [0.29, 0.717) is 0 Å². The van der Waals surface area contributed by atoms with E-state index in [1.54, 1.807) is 0 Å². The molecule has 0 amide bonds. The van der Waals surface area contributed by atoms with Crippen LogP contribution in [-0.4, -0.2) is 25.0 Å². The number of fused-ring (bicyclic) bond motifs is 18. The van der Waals surface area contributed by atoms with E-state index < -0.39 is 0 Å². The molecule has 4 aromatic heterocycles. The van der Waals surface area contributed by atoms with Gasteiger partial charge in [-0.3, -0.25) is 0 Å². The zero-order valence-electron chi connectivity index (χ0n) is 76.6. The van der Waals surface area contributed by atoms with Crippen LogP contribution >= 0.6 is 0 Å². The fourth-order valence-corrected chi connectivity index (χ4v) is 20.6. The molecule has 618 valence electrons. The highest BCUT2D eigenvalue weighted by atomic mass is 15.2. The summed E-state index contributed by atoms with van der Waals surface area (Å²) in [4.78, 5) is 5.52. The van der Waals surface area contributed by atoms with Crippen molar-refractivity contribution in [2.24, 2.45) is 0 Å². The first-order chi connectivity index (χ1) is 59.4. The minimum atomic E-state index is -0.355. The molecule has 6 nitrogen and oxygen atoms in total. The summed E-state index contributed by atoms with van der Waals surface area (Å²) in [5, 5.41) is 9.74. The first-order valence-electron chi connectivity index (χ1n) is 45.2. The Labute approximate surface area is 738 Å². The second kappa shape index (κ2) is 27.8. The number of para-hydroxylation sites is 6. The van der Waals surface area contributed by atoms with Gasteiger partial charge in [-0.2, -0.15) is 0 Å². The summed E-state index contributed by atoms with van der Waals surface area (Å²) in [6.07, 6.45) is 0. The number of anilines is 6. The molecule has 0 atom stereocenters. The van der Waals surface area contributed by atoms with Gasteiger partial charge in [0.15, 0.2) is 0 Å². The zero-order chi connectivity index (χ0) is 87.0. The summed E-state index contributed by atoms with van der Waals surface area (Å²) in [6.45, 7) is 49.9. The Morgan fingerprint density at radius 3 is 0.856 bits per heavy atom. The number of nitrogens with zero attached hydrogens (tertiary/aromatic N) is 6. The van der Waals surface area contributed by atoms with Gasteiger partial charge >= 0.3 is 0 Å². The summed E-state index contributed by atoms with van der Waals surface area (Å²) in [5.41, 5.74) is 37.0. The van der Waals surface area contributed by atoms with Crippen LogP contribution in [-0.2, 0) is 37.9 Å². The van der Waals surface area contributed by atoms with Crippen molar-refractivity contribution in [3.05, 3.63) is 342 Å². The topological polar surface area (TPSA) is 26.2 Å². The molecule has 2 aliphatic rings. The van der Waals surface area contributed by atoms with Crippen molar-refractivity contribution in [2.45, 2.75) is 183 Å². The Balaban J connectivity index is 0.931. The quantitative estimate of drug-likeness (QED) is 0.142. The van der Waals surface area contributed by atoms with Crippen molar-refractivity contribution in [1.29, 1.82) is 0 Å². The van der Waals surface area contributed by atoms with Crippen molar-refractivity contribution >= 4 is 144 Å². The van der Waals surface area contributed by atoms with E-state index in [0.717, 1.165) is 56.5 Å². The fraction of sp³-hybridized carbons (Fsp3) is 0.237. The van der Waals surface area contributed by atoms with Gasteiger partial charge in [0.2, 0.25) is 0 Å². The van der Waals surface area contributed by atoms with E-state index in [-0.39, 0.29) is 44.6 Å². The first-order valence-corrected chi connectivity index (χ1v) is 45.2. The Morgan fingerprint density at radius 2 is 0.512 bits per heavy atom. The fourth-order valence-electron chi connectivity index (χ4n) is 20.6. The van der Waals surface area contributed by atoms with Gasteiger partial charge in [-0.25, -0.2) is 0 Å². The van der Waals surface area contributed by atoms with E-state index in [4.69, 9.17) is 0 Å². The van der Waals surface area contributed by atoms with Crippen LogP contribution in [0.1, 0.15) is 184 Å². The molecule has 0 aliphatic carbocycles. The third-order valence-corrected chi connectivity index (χ3v) is 27.5. The van der Waals surface area contributed by atoms with Crippen LogP contribution < -0.4 is 26.2 Å². The molecule has 0 spiro atoms. The molecule has 2 aliphatic heterocycles. The van der Waals surface area contributed by atoms with Crippen LogP contribution in [0, 0.1) is 0 Å². The standard InChI is InChI=1S/C118H113BN6/c1-112(2,3)74-48-56-99(91(66-74)72-60-76(114(7,8)9)64-77(61-72)115(10,11)12)124-103-70-83(122-95-44-32-28-40-85(95)87-52-58-101-107(110(87)122)89-42-30-34-46-97(89)120(101)81-36-24-22-25-37-81)50-54-93(103)119-94-55-51-84(123-96-45-33-29-41-86(96)88-53-59-102-108(111(88)123)90-43-31-35-47-98(90)121(102)82-38-26-23-27-39-82)71-104(94)125(106-69-80(118(19,20)21)68-105(124)109(106)119)100-57-49-75(113(4,5)6)67-92(100)73-62-78(116(13,14)15)65-79(63-73)117(16,17)18/h22-71H,1-21H3. The summed E-state index contributed by atoms with van der Waals surface area (Å²) in [7, 11) is 0. The lowest BCUT2D eigenvalue weighted by Gasteiger charge is -2.46. The van der Waals surface area contributed by atoms with Crippen LogP contribution in [0.15, 0.2) is 303 Å². The molecule has 21 rings (SSSR count). The molecule has 0 radical (unpaired) electrons. The van der Waals surface area contributed by atoms with Crippen molar-refractivity contribution in [3.63, 3.8) is 0 Å². The normalized spacial score (nSPS) is 13.6. The Hall–Kier alpha value is -12.8. The molecule has 0 saturated heterocycles. The van der Waals surface area contributed by atoms with E-state index in [2.05, 4.69) is 477 Å². The molecule has 0 saturated carbocycles. The molecular weight excluding hydrogens is 1510 g/mol. The van der Waals surface area contributed by atoms with Crippen LogP contribution in [0.2, 0.25) is 0 Å². The summed E-state index contributed by atoms with van der Waals surface area (Å²) in [6, 6.07) is 118. The highest BCUT2D eigenvalue weighted by Crippen LogP contribution is 2.55. The number of hydrogen-bond donors (Lipinski definition) is 0. The molecule has 0 fully saturated rings. The number of hydrogen-bond acceptors (Lipinski definition) is 2. The lowest BCUT2D eigenvalue weighted by molar-refractivity contribution is 0.568. The second-order valence-corrected chi connectivity index (χ2v) is 43.1. The van der Waals surface area contributed by atoms with Gasteiger partial charge in [0.05, 0.1) is 55.5 Å². The monoisotopic (exact) mass is 1620 g/mol. The van der Waals surface area contributed by atoms with Gasteiger partial charge in [0.1, 0.15) is 0 Å². The maximum absolute atomic E-state index is 2.76. The van der Waals surface area contributed by atoms with Crippen LogP contribution in [0.25, 0.3) is 132 Å². The Morgan fingerprint density at radius 1 is 0.200 bits per heavy atom. The summed E-state index contributed by atoms with van der Waals surface area (Å²) in [5.74, 6) is 0. The number of benzene rings is 15. The highest BCUT2D eigenvalue weighted by Gasteiger charge is 2.46. The lowest BCUT2D eigenvalue weighted by atomic mass is 9.33. The Kier molecular flexibility index (Phi) is 17.7. The average Bonchev–Trinajstić information content (AvgIpc) is 1.67. The van der Waals surface area contributed by atoms with E-state index in [1.807, 2.05) is 0 Å². The molecule has 19 aromatic rings. The number of aromatic nitrogens is 4. The maximum atomic E-state index is 2.76. The van der Waals surface area contributed by atoms with Gasteiger partial charge in [-0.15, -0.1) is 0 Å². The third-order valence-electron chi connectivity index (χ3n) is 27.5. The van der Waals surface area contributed by atoms with E-state index in [1.165, 1.54) is 165 Å². The lowest BCUT2D eigenvalue weighted by Crippen LogP contribution is -2.61. The van der Waals surface area contributed by atoms with Crippen molar-refractivity contribution < 1.29 is 0 Å². The van der Waals surface area contributed by atoms with E-state index in [9.17, 15) is 0 Å². The predicted molar refractivity (Wildman–Crippen MR) is 540 cm³/mol. The van der Waals surface area contributed by atoms with Crippen LogP contribution in [0.4, 0.5) is 34.1 Å². The third kappa shape index (κ3) is 12.7. The first kappa shape index (κ1) is 79.4. The molecule has 7 heteroatoms. The average molecular weight is 1630 g/mol. The van der Waals surface area contributed by atoms with Crippen LogP contribution in [0.3, 0.4) is 0 Å². The van der Waals surface area contributed by atoms with Gasteiger partial charge < -0.3 is 28.1 Å². The summed E-state index contributed by atoms with van der Waals surface area (Å²) < 4.78 is 10.2. The maximum Gasteiger partial charge on any atom is 0.252 e. The molecular formula is C118H113BN6. The Bertz CT molecular complexity index is 7180. The molecule has 6 heterocycles. The van der Waals surface area contributed by atoms with Crippen LogP contribution in [0.5, 0.6) is 0 Å². The predicted octanol–water partition coefficient (Wildman–Crippen LogP) is 30.6. The van der Waals surface area contributed by atoms with E-state index >= 15 is 0 Å². The highest BCUT2D eigenvalue weighted by molar-refractivity contribution is 7.00. The summed E-state index contributed by atoms with van der Waals surface area (Å²) >= 11 is 0. The minimum Gasteiger partial charge on any atom is -0.311 e. The largest absolute Gasteiger partial charge is 0.311 e. The zero-order valence-corrected chi connectivity index (χ0v) is 76.6. The van der Waals surface area contributed by atoms with Crippen molar-refractivity contribution in [1.82, 2.24) is 18.3 Å². The van der Waals surface area contributed by atoms with Gasteiger partial charge in [0.25, 0.3) is 6.71 Å². The number of rotatable bonds is 8. The molecule has 15 aromatic carbocycles. The minimum absolute atomic E-state index is 0.154. The molecule has 0 unspecified atom stereocenters. The molecule has 125 heavy (non-hydrogen) atoms. The smallest absolute Gasteiger partial charge is 0.252 e. The molecule has 0 N–H and O–H groups in total. The van der Waals surface area contributed by atoms with Crippen molar-refractivity contribution in [2.75, 3.05) is 9.80 Å². The van der Waals surface area contributed by atoms with Gasteiger partial charge in [0, 0.05) is 99.7 Å². The van der Waals surface area contributed by atoms with Gasteiger partial charge in [-0.1, -0.05) is 327 Å².